The van der Waals surface area contributed by atoms with Gasteiger partial charge in [0.15, 0.2) is 0 Å². The Morgan fingerprint density at radius 3 is 2.12 bits per heavy atom. The van der Waals surface area contributed by atoms with Crippen molar-refractivity contribution >= 4 is 8.32 Å². The number of hydrogen-bond acceptors (Lipinski definition) is 4. The van der Waals surface area contributed by atoms with Gasteiger partial charge in [-0.3, -0.25) is 0 Å². The highest BCUT2D eigenvalue weighted by Crippen LogP contribution is 2.37. The molecule has 32 heavy (non-hydrogen) atoms. The first-order valence-corrected chi connectivity index (χ1v) is 14.8. The normalized spacial score (nSPS) is 18.3. The van der Waals surface area contributed by atoms with Crippen LogP contribution in [-0.2, 0) is 12.8 Å². The van der Waals surface area contributed by atoms with Crippen LogP contribution in [0.25, 0.3) is 0 Å². The molecule has 1 fully saturated rings. The fourth-order valence-electron chi connectivity index (χ4n) is 4.08. The molecule has 176 valence electrons. The first kappa shape index (κ1) is 25.0. The fourth-order valence-corrected chi connectivity index (χ4v) is 5.11. The summed E-state index contributed by atoms with van der Waals surface area (Å²) < 4.78 is 6.35. The van der Waals surface area contributed by atoms with Crippen molar-refractivity contribution in [3.63, 3.8) is 0 Å². The third kappa shape index (κ3) is 6.92. The molecule has 2 N–H and O–H groups in total. The Hall–Kier alpha value is -1.66. The predicted octanol–water partition coefficient (Wildman–Crippen LogP) is 5.04. The summed E-state index contributed by atoms with van der Waals surface area (Å²) in [6.07, 6.45) is 2.41. The molecule has 0 spiro atoms. The van der Waals surface area contributed by atoms with Crippen LogP contribution in [0.1, 0.15) is 44.7 Å². The van der Waals surface area contributed by atoms with Crippen molar-refractivity contribution in [1.29, 1.82) is 0 Å². The molecule has 0 aromatic heterocycles. The van der Waals surface area contributed by atoms with Crippen LogP contribution < -0.4 is 4.43 Å². The van der Waals surface area contributed by atoms with Gasteiger partial charge in [0.1, 0.15) is 5.75 Å². The number of likely N-dealkylation sites (tertiary alicyclic amines) is 1. The lowest BCUT2D eigenvalue weighted by Crippen LogP contribution is -2.47. The van der Waals surface area contributed by atoms with Crippen LogP contribution in [-0.4, -0.2) is 54.8 Å². The van der Waals surface area contributed by atoms with E-state index in [4.69, 9.17) is 4.43 Å². The zero-order valence-corrected chi connectivity index (χ0v) is 21.5. The van der Waals surface area contributed by atoms with E-state index < -0.39 is 20.0 Å². The summed E-state index contributed by atoms with van der Waals surface area (Å²) in [5.41, 5.74) is 1.67. The molecule has 2 aromatic carbocycles. The molecule has 1 aliphatic rings. The molecule has 1 heterocycles. The lowest BCUT2D eigenvalue weighted by molar-refractivity contribution is -0.0292. The molecule has 5 heteroatoms. The molecule has 2 aromatic rings. The fraction of sp³-hybridized carbons (Fsp3) is 0.556. The van der Waals surface area contributed by atoms with Crippen molar-refractivity contribution in [2.45, 2.75) is 76.3 Å². The van der Waals surface area contributed by atoms with Gasteiger partial charge in [-0.05, 0) is 60.7 Å². The summed E-state index contributed by atoms with van der Waals surface area (Å²) in [6, 6.07) is 18.4. The van der Waals surface area contributed by atoms with Crippen molar-refractivity contribution in [2.24, 2.45) is 0 Å². The molecule has 3 rings (SSSR count). The van der Waals surface area contributed by atoms with Gasteiger partial charge in [0.25, 0.3) is 0 Å². The van der Waals surface area contributed by atoms with Crippen LogP contribution in [0.5, 0.6) is 5.75 Å². The zero-order chi connectivity index (χ0) is 23.4. The lowest BCUT2D eigenvalue weighted by atomic mass is 9.85. The quantitative estimate of drug-likeness (QED) is 0.547. The van der Waals surface area contributed by atoms with Gasteiger partial charge in [0, 0.05) is 26.1 Å². The summed E-state index contributed by atoms with van der Waals surface area (Å²) in [5, 5.41) is 21.8. The van der Waals surface area contributed by atoms with E-state index in [9.17, 15) is 10.2 Å². The van der Waals surface area contributed by atoms with Crippen LogP contribution in [0.4, 0.5) is 0 Å². The number of nitrogens with zero attached hydrogens (tertiary/aromatic N) is 1. The van der Waals surface area contributed by atoms with E-state index in [2.05, 4.69) is 63.0 Å². The van der Waals surface area contributed by atoms with E-state index in [1.54, 1.807) is 0 Å². The second-order valence-corrected chi connectivity index (χ2v) is 15.8. The van der Waals surface area contributed by atoms with E-state index in [-0.39, 0.29) is 5.04 Å². The van der Waals surface area contributed by atoms with Gasteiger partial charge >= 0.3 is 0 Å². The van der Waals surface area contributed by atoms with Crippen molar-refractivity contribution in [3.05, 3.63) is 65.7 Å². The lowest BCUT2D eigenvalue weighted by Gasteiger charge is -2.39. The van der Waals surface area contributed by atoms with Gasteiger partial charge in [0.2, 0.25) is 8.32 Å². The molecule has 0 radical (unpaired) electrons. The van der Waals surface area contributed by atoms with Crippen molar-refractivity contribution < 1.29 is 14.6 Å². The molecule has 0 bridgehead atoms. The molecule has 1 atom stereocenters. The minimum absolute atomic E-state index is 0.170. The van der Waals surface area contributed by atoms with Crippen LogP contribution in [0.15, 0.2) is 54.6 Å². The summed E-state index contributed by atoms with van der Waals surface area (Å²) in [6.45, 7) is 13.5. The Kier molecular flexibility index (Phi) is 7.87. The van der Waals surface area contributed by atoms with Gasteiger partial charge in [0.05, 0.1) is 11.7 Å². The molecule has 1 unspecified atom stereocenters. The Bertz CT molecular complexity index is 837. The summed E-state index contributed by atoms with van der Waals surface area (Å²) >= 11 is 0. The summed E-state index contributed by atoms with van der Waals surface area (Å²) in [7, 11) is -1.84. The number of aliphatic hydroxyl groups is 2. The number of β-amino-alcohol motifs (C(OH)–C–C–N with tert-alkyl or cyclic N) is 1. The molecular weight excluding hydrogens is 414 g/mol. The number of piperidine rings is 1. The van der Waals surface area contributed by atoms with Gasteiger partial charge in [-0.15, -0.1) is 0 Å². The van der Waals surface area contributed by atoms with E-state index in [1.807, 2.05) is 30.3 Å². The molecule has 0 saturated carbocycles. The Morgan fingerprint density at radius 2 is 1.56 bits per heavy atom. The van der Waals surface area contributed by atoms with Crippen LogP contribution in [0, 0.1) is 0 Å². The minimum Gasteiger partial charge on any atom is -0.544 e. The Labute approximate surface area is 195 Å². The van der Waals surface area contributed by atoms with Gasteiger partial charge in [-0.25, -0.2) is 0 Å². The van der Waals surface area contributed by atoms with E-state index >= 15 is 0 Å². The molecule has 1 aliphatic heterocycles. The highest BCUT2D eigenvalue weighted by atomic mass is 28.4. The molecule has 1 saturated heterocycles. The minimum atomic E-state index is -1.84. The molecule has 0 amide bonds. The maximum absolute atomic E-state index is 11.0. The molecule has 0 aliphatic carbocycles. The average Bonchev–Trinajstić information content (AvgIpc) is 2.71. The zero-order valence-electron chi connectivity index (χ0n) is 20.5. The molecule has 4 nitrogen and oxygen atoms in total. The van der Waals surface area contributed by atoms with Gasteiger partial charge in [-0.1, -0.05) is 63.2 Å². The maximum Gasteiger partial charge on any atom is 0.250 e. The first-order valence-electron chi connectivity index (χ1n) is 11.9. The second kappa shape index (κ2) is 10.1. The maximum atomic E-state index is 11.0. The van der Waals surface area contributed by atoms with Crippen molar-refractivity contribution in [3.8, 4) is 5.75 Å². The number of aliphatic hydroxyl groups excluding tert-OH is 1. The van der Waals surface area contributed by atoms with Crippen LogP contribution in [0.2, 0.25) is 18.1 Å². The monoisotopic (exact) mass is 455 g/mol. The third-order valence-corrected chi connectivity index (χ3v) is 11.6. The highest BCUT2D eigenvalue weighted by molar-refractivity contribution is 6.74. The second-order valence-electron chi connectivity index (χ2n) is 11.1. The number of rotatable bonds is 8. The Morgan fingerprint density at radius 1 is 0.969 bits per heavy atom. The third-order valence-electron chi connectivity index (χ3n) is 7.21. The standard InChI is InChI=1S/C27H41NO3Si/c1-26(2,3)32(4,5)31-25-13-11-22(12-14-25)19-24(29)21-28-17-15-27(30,16-18-28)20-23-9-7-6-8-10-23/h6-14,24,29-30H,15-21H2,1-5H3. The van der Waals surface area contributed by atoms with E-state index in [1.165, 1.54) is 5.56 Å². The number of hydrogen-bond donors (Lipinski definition) is 2. The largest absolute Gasteiger partial charge is 0.544 e. The van der Waals surface area contributed by atoms with Gasteiger partial charge < -0.3 is 19.5 Å². The van der Waals surface area contributed by atoms with E-state index in [0.717, 1.165) is 37.2 Å². The SMILES string of the molecule is CC(C)(C)[Si](C)(C)Oc1ccc(CC(O)CN2CCC(O)(Cc3ccccc3)CC2)cc1. The number of benzene rings is 2. The van der Waals surface area contributed by atoms with Gasteiger partial charge in [-0.2, -0.15) is 0 Å². The van der Waals surface area contributed by atoms with Crippen molar-refractivity contribution in [1.82, 2.24) is 4.90 Å². The van der Waals surface area contributed by atoms with E-state index in [0.29, 0.717) is 19.4 Å². The smallest absolute Gasteiger partial charge is 0.250 e. The average molecular weight is 456 g/mol. The first-order chi connectivity index (χ1) is 15.0. The van der Waals surface area contributed by atoms with Crippen LogP contribution >= 0.6 is 0 Å². The molecular formula is C27H41NO3Si. The Balaban J connectivity index is 1.45. The van der Waals surface area contributed by atoms with Crippen LogP contribution in [0.3, 0.4) is 0 Å². The highest BCUT2D eigenvalue weighted by Gasteiger charge is 2.39. The summed E-state index contributed by atoms with van der Waals surface area (Å²) in [5.74, 6) is 0.920. The van der Waals surface area contributed by atoms with Crippen molar-refractivity contribution in [2.75, 3.05) is 19.6 Å². The predicted molar refractivity (Wildman–Crippen MR) is 135 cm³/mol. The summed E-state index contributed by atoms with van der Waals surface area (Å²) in [4.78, 5) is 2.28. The topological polar surface area (TPSA) is 52.9 Å².